The van der Waals surface area contributed by atoms with Gasteiger partial charge in [0.2, 0.25) is 0 Å². The van der Waals surface area contributed by atoms with Crippen LogP contribution in [0.25, 0.3) is 10.9 Å². The van der Waals surface area contributed by atoms with Crippen molar-refractivity contribution in [2.24, 2.45) is 0 Å². The molecule has 1 aromatic heterocycles. The van der Waals surface area contributed by atoms with Crippen molar-refractivity contribution in [3.63, 3.8) is 0 Å². The summed E-state index contributed by atoms with van der Waals surface area (Å²) in [7, 11) is 0. The Kier molecular flexibility index (Phi) is 4.22. The van der Waals surface area contributed by atoms with Crippen molar-refractivity contribution in [2.45, 2.75) is 33.6 Å². The normalized spacial score (nSPS) is 11.3. The average molecular weight is 297 g/mol. The highest BCUT2D eigenvalue weighted by Gasteiger charge is 2.15. The zero-order chi connectivity index (χ0) is 14.2. The van der Waals surface area contributed by atoms with Gasteiger partial charge < -0.3 is 5.32 Å². The van der Waals surface area contributed by atoms with Gasteiger partial charge in [-0.15, -0.1) is 0 Å². The highest BCUT2D eigenvalue weighted by atomic mass is 35.5. The predicted molar refractivity (Wildman–Crippen MR) is 84.8 cm³/mol. The topological polar surface area (TPSA) is 24.9 Å². The second-order valence-corrected chi connectivity index (χ2v) is 5.78. The summed E-state index contributed by atoms with van der Waals surface area (Å²) in [4.78, 5) is 4.66. The quantitative estimate of drug-likeness (QED) is 0.819. The van der Waals surface area contributed by atoms with E-state index in [4.69, 9.17) is 23.2 Å². The number of fused-ring (bicyclic) bond motifs is 1. The summed E-state index contributed by atoms with van der Waals surface area (Å²) < 4.78 is 0. The molecule has 1 N–H and O–H groups in total. The smallest absolute Gasteiger partial charge is 0.0927 e. The number of hydrogen-bond acceptors (Lipinski definition) is 2. The number of halogens is 2. The third-order valence-corrected chi connectivity index (χ3v) is 3.91. The van der Waals surface area contributed by atoms with E-state index < -0.39 is 0 Å². The van der Waals surface area contributed by atoms with Crippen molar-refractivity contribution in [1.82, 2.24) is 4.98 Å². The second-order valence-electron chi connectivity index (χ2n) is 4.99. The van der Waals surface area contributed by atoms with Gasteiger partial charge in [-0.05, 0) is 37.5 Å². The van der Waals surface area contributed by atoms with E-state index >= 15 is 0 Å². The Hall–Kier alpha value is -0.990. The molecule has 0 fully saturated rings. The van der Waals surface area contributed by atoms with Crippen LogP contribution in [0.1, 0.15) is 37.9 Å². The van der Waals surface area contributed by atoms with Crippen molar-refractivity contribution in [3.05, 3.63) is 33.4 Å². The van der Waals surface area contributed by atoms with Gasteiger partial charge in [0.05, 0.1) is 15.6 Å². The number of aryl methyl sites for hydroxylation is 1. The molecule has 0 unspecified atom stereocenters. The average Bonchev–Trinajstić information content (AvgIpc) is 2.35. The fourth-order valence-corrected chi connectivity index (χ4v) is 2.65. The first-order valence-electron chi connectivity index (χ1n) is 6.48. The molecule has 0 saturated heterocycles. The van der Waals surface area contributed by atoms with Crippen LogP contribution in [0.3, 0.4) is 0 Å². The van der Waals surface area contributed by atoms with E-state index in [0.29, 0.717) is 10.9 Å². The van der Waals surface area contributed by atoms with Crippen LogP contribution < -0.4 is 5.32 Å². The molecule has 2 aromatic rings. The molecular formula is C15H18Cl2N2. The van der Waals surface area contributed by atoms with Crippen LogP contribution in [-0.2, 0) is 0 Å². The summed E-state index contributed by atoms with van der Waals surface area (Å²) in [6.45, 7) is 9.09. The van der Waals surface area contributed by atoms with Crippen molar-refractivity contribution >= 4 is 39.8 Å². The van der Waals surface area contributed by atoms with E-state index in [1.165, 1.54) is 0 Å². The third-order valence-electron chi connectivity index (χ3n) is 3.13. The molecule has 0 bridgehead atoms. The standard InChI is InChI=1S/C15H18Cl2N2/c1-5-18-12-7-11(8(2)3)19-15-10(16)6-9(4)14(17)13(12)15/h6-8H,5H2,1-4H3,(H,18,19). The number of nitrogens with zero attached hydrogens (tertiary/aromatic N) is 1. The first-order valence-corrected chi connectivity index (χ1v) is 7.24. The minimum Gasteiger partial charge on any atom is -0.385 e. The molecule has 0 aliphatic heterocycles. The molecule has 0 amide bonds. The second kappa shape index (κ2) is 5.56. The van der Waals surface area contributed by atoms with Crippen LogP contribution in [0.2, 0.25) is 10.0 Å². The van der Waals surface area contributed by atoms with Crippen LogP contribution in [-0.4, -0.2) is 11.5 Å². The molecule has 2 rings (SSSR count). The van der Waals surface area contributed by atoms with E-state index in [2.05, 4.69) is 37.1 Å². The van der Waals surface area contributed by atoms with Gasteiger partial charge in [-0.25, -0.2) is 0 Å². The van der Waals surface area contributed by atoms with Crippen LogP contribution in [0.4, 0.5) is 5.69 Å². The molecule has 0 saturated carbocycles. The molecule has 1 heterocycles. The highest BCUT2D eigenvalue weighted by molar-refractivity contribution is 6.41. The van der Waals surface area contributed by atoms with Crippen LogP contribution >= 0.6 is 23.2 Å². The lowest BCUT2D eigenvalue weighted by Gasteiger charge is -2.15. The van der Waals surface area contributed by atoms with E-state index in [1.807, 2.05) is 13.0 Å². The molecule has 0 aliphatic carbocycles. The Labute approximate surface area is 124 Å². The van der Waals surface area contributed by atoms with Crippen LogP contribution in [0.15, 0.2) is 12.1 Å². The molecule has 19 heavy (non-hydrogen) atoms. The summed E-state index contributed by atoms with van der Waals surface area (Å²) in [5.74, 6) is 0.345. The fraction of sp³-hybridized carbons (Fsp3) is 0.400. The summed E-state index contributed by atoms with van der Waals surface area (Å²) in [6.07, 6.45) is 0. The van der Waals surface area contributed by atoms with E-state index in [9.17, 15) is 0 Å². The van der Waals surface area contributed by atoms with E-state index in [-0.39, 0.29) is 0 Å². The monoisotopic (exact) mass is 296 g/mol. The Bertz CT molecular complexity index is 621. The molecule has 0 radical (unpaired) electrons. The Balaban J connectivity index is 2.86. The molecule has 0 atom stereocenters. The Morgan fingerprint density at radius 1 is 1.26 bits per heavy atom. The minimum atomic E-state index is 0.345. The Morgan fingerprint density at radius 2 is 1.95 bits per heavy atom. The summed E-state index contributed by atoms with van der Waals surface area (Å²) >= 11 is 12.8. The van der Waals surface area contributed by atoms with Gasteiger partial charge in [0, 0.05) is 23.3 Å². The molecule has 0 spiro atoms. The number of hydrogen-bond donors (Lipinski definition) is 1. The minimum absolute atomic E-state index is 0.345. The zero-order valence-corrected chi connectivity index (χ0v) is 13.2. The fourth-order valence-electron chi connectivity index (χ4n) is 2.10. The van der Waals surface area contributed by atoms with Gasteiger partial charge in [0.15, 0.2) is 0 Å². The van der Waals surface area contributed by atoms with Gasteiger partial charge in [0.25, 0.3) is 0 Å². The number of aromatic nitrogens is 1. The van der Waals surface area contributed by atoms with Crippen molar-refractivity contribution in [3.8, 4) is 0 Å². The van der Waals surface area contributed by atoms with Crippen molar-refractivity contribution < 1.29 is 0 Å². The maximum absolute atomic E-state index is 6.43. The van der Waals surface area contributed by atoms with Crippen molar-refractivity contribution in [1.29, 1.82) is 0 Å². The van der Waals surface area contributed by atoms with E-state index in [1.54, 1.807) is 0 Å². The van der Waals surface area contributed by atoms with Gasteiger partial charge in [-0.1, -0.05) is 37.0 Å². The van der Waals surface area contributed by atoms with Gasteiger partial charge in [-0.3, -0.25) is 4.98 Å². The molecule has 102 valence electrons. The van der Waals surface area contributed by atoms with E-state index in [0.717, 1.165) is 39.4 Å². The number of benzene rings is 1. The number of anilines is 1. The molecule has 1 aromatic carbocycles. The first kappa shape index (κ1) is 14.4. The number of nitrogens with one attached hydrogen (secondary N) is 1. The van der Waals surface area contributed by atoms with Gasteiger partial charge in [-0.2, -0.15) is 0 Å². The molecular weight excluding hydrogens is 279 g/mol. The SMILES string of the molecule is CCNc1cc(C(C)C)nc2c(Cl)cc(C)c(Cl)c12. The molecule has 2 nitrogen and oxygen atoms in total. The lowest BCUT2D eigenvalue weighted by molar-refractivity contribution is 0.830. The largest absolute Gasteiger partial charge is 0.385 e. The maximum Gasteiger partial charge on any atom is 0.0927 e. The zero-order valence-electron chi connectivity index (χ0n) is 11.6. The first-order chi connectivity index (χ1) is 8.95. The Morgan fingerprint density at radius 3 is 2.53 bits per heavy atom. The van der Waals surface area contributed by atoms with Crippen LogP contribution in [0.5, 0.6) is 0 Å². The van der Waals surface area contributed by atoms with Crippen LogP contribution in [0, 0.1) is 6.92 Å². The lowest BCUT2D eigenvalue weighted by atomic mass is 10.0. The molecule has 0 aliphatic rings. The summed E-state index contributed by atoms with van der Waals surface area (Å²) in [5, 5.41) is 5.64. The summed E-state index contributed by atoms with van der Waals surface area (Å²) in [6, 6.07) is 3.94. The highest BCUT2D eigenvalue weighted by Crippen LogP contribution is 2.37. The lowest BCUT2D eigenvalue weighted by Crippen LogP contribution is -2.03. The molecule has 4 heteroatoms. The maximum atomic E-state index is 6.43. The predicted octanol–water partition coefficient (Wildman–Crippen LogP) is 5.41. The third kappa shape index (κ3) is 2.65. The van der Waals surface area contributed by atoms with Crippen molar-refractivity contribution in [2.75, 3.05) is 11.9 Å². The van der Waals surface area contributed by atoms with Gasteiger partial charge in [0.1, 0.15) is 0 Å². The number of pyridine rings is 1. The van der Waals surface area contributed by atoms with Gasteiger partial charge >= 0.3 is 0 Å². The number of rotatable bonds is 3. The summed E-state index contributed by atoms with van der Waals surface area (Å²) in [5.41, 5.74) is 3.77.